The standard InChI is InChI=1S/C24H21N5O2/c1-14-4-6-15(7-5-14)28(2)16-8-9-17-21(12-16)29(3)27-23(17)20-13-19-22(26-20)18(24(30)31)10-11-25-19/h4-13,26H,1-3H3,(H,30,31). The van der Waals surface area contributed by atoms with Crippen LogP contribution in [0, 0.1) is 6.92 Å². The molecule has 31 heavy (non-hydrogen) atoms. The van der Waals surface area contributed by atoms with E-state index in [4.69, 9.17) is 5.10 Å². The van der Waals surface area contributed by atoms with Gasteiger partial charge in [-0.25, -0.2) is 4.79 Å². The lowest BCUT2D eigenvalue weighted by Crippen LogP contribution is -2.09. The van der Waals surface area contributed by atoms with Gasteiger partial charge < -0.3 is 15.0 Å². The highest BCUT2D eigenvalue weighted by Crippen LogP contribution is 2.33. The maximum atomic E-state index is 11.5. The first-order chi connectivity index (χ1) is 14.9. The lowest BCUT2D eigenvalue weighted by Gasteiger charge is -2.20. The Morgan fingerprint density at radius 3 is 2.55 bits per heavy atom. The molecule has 2 N–H and O–H groups in total. The highest BCUT2D eigenvalue weighted by Gasteiger charge is 2.17. The van der Waals surface area contributed by atoms with E-state index in [0.29, 0.717) is 11.0 Å². The van der Waals surface area contributed by atoms with Gasteiger partial charge in [0.1, 0.15) is 5.69 Å². The molecule has 0 saturated carbocycles. The Bertz CT molecular complexity index is 1450. The van der Waals surface area contributed by atoms with Crippen molar-refractivity contribution in [2.75, 3.05) is 11.9 Å². The van der Waals surface area contributed by atoms with Crippen LogP contribution in [0.5, 0.6) is 0 Å². The number of fused-ring (bicyclic) bond motifs is 2. The summed E-state index contributed by atoms with van der Waals surface area (Å²) in [7, 11) is 3.95. The summed E-state index contributed by atoms with van der Waals surface area (Å²) in [5.74, 6) is -0.990. The number of aromatic carboxylic acids is 1. The number of aryl methyl sites for hydroxylation is 2. The number of aromatic amines is 1. The van der Waals surface area contributed by atoms with E-state index in [-0.39, 0.29) is 5.56 Å². The van der Waals surface area contributed by atoms with Crippen LogP contribution in [0.15, 0.2) is 60.8 Å². The van der Waals surface area contributed by atoms with Crippen molar-refractivity contribution in [2.45, 2.75) is 6.92 Å². The van der Waals surface area contributed by atoms with Crippen molar-refractivity contribution in [3.05, 3.63) is 71.9 Å². The van der Waals surface area contributed by atoms with Crippen molar-refractivity contribution < 1.29 is 9.90 Å². The third kappa shape index (κ3) is 3.11. The predicted octanol–water partition coefficient (Wildman–Crippen LogP) is 4.89. The van der Waals surface area contributed by atoms with E-state index in [2.05, 4.69) is 64.3 Å². The van der Waals surface area contributed by atoms with Crippen molar-refractivity contribution in [3.8, 4) is 11.4 Å². The highest BCUT2D eigenvalue weighted by molar-refractivity contribution is 6.03. The molecule has 0 spiro atoms. The summed E-state index contributed by atoms with van der Waals surface area (Å²) in [6, 6.07) is 18.0. The SMILES string of the molecule is Cc1ccc(N(C)c2ccc3c(-c4cc5nccc(C(=O)O)c5[nH]4)nn(C)c3c2)cc1. The number of H-pyrrole nitrogens is 1. The van der Waals surface area contributed by atoms with Gasteiger partial charge in [0.15, 0.2) is 0 Å². The van der Waals surface area contributed by atoms with Crippen molar-refractivity contribution >= 4 is 39.3 Å². The molecular weight excluding hydrogens is 390 g/mol. The number of carbonyl (C=O) groups is 1. The Kier molecular flexibility index (Phi) is 4.25. The van der Waals surface area contributed by atoms with E-state index >= 15 is 0 Å². The zero-order chi connectivity index (χ0) is 21.7. The summed E-state index contributed by atoms with van der Waals surface area (Å²) in [5.41, 5.74) is 7.16. The second-order valence-electron chi connectivity index (χ2n) is 7.68. The third-order valence-corrected chi connectivity index (χ3v) is 5.65. The van der Waals surface area contributed by atoms with E-state index < -0.39 is 5.97 Å². The zero-order valence-electron chi connectivity index (χ0n) is 17.4. The van der Waals surface area contributed by atoms with Crippen LogP contribution in [0.3, 0.4) is 0 Å². The monoisotopic (exact) mass is 411 g/mol. The number of hydrogen-bond donors (Lipinski definition) is 2. The molecule has 3 heterocycles. The molecule has 0 bridgehead atoms. The molecule has 0 radical (unpaired) electrons. The summed E-state index contributed by atoms with van der Waals surface area (Å²) < 4.78 is 1.84. The molecule has 3 aromatic heterocycles. The predicted molar refractivity (Wildman–Crippen MR) is 122 cm³/mol. The average molecular weight is 411 g/mol. The number of anilines is 2. The summed E-state index contributed by atoms with van der Waals surface area (Å²) in [4.78, 5) is 21.2. The van der Waals surface area contributed by atoms with Crippen molar-refractivity contribution in [1.82, 2.24) is 19.7 Å². The maximum Gasteiger partial charge on any atom is 0.337 e. The topological polar surface area (TPSA) is 87.0 Å². The third-order valence-electron chi connectivity index (χ3n) is 5.65. The molecule has 154 valence electrons. The van der Waals surface area contributed by atoms with E-state index in [9.17, 15) is 9.90 Å². The summed E-state index contributed by atoms with van der Waals surface area (Å²) >= 11 is 0. The first kappa shape index (κ1) is 18.9. The Balaban J connectivity index is 1.60. The Hall–Kier alpha value is -4.13. The summed E-state index contributed by atoms with van der Waals surface area (Å²) in [6.45, 7) is 2.08. The van der Waals surface area contributed by atoms with Crippen LogP contribution < -0.4 is 4.90 Å². The van der Waals surface area contributed by atoms with Crippen LogP contribution in [0.2, 0.25) is 0 Å². The molecule has 5 aromatic rings. The molecule has 0 aliphatic heterocycles. The Labute approximate surface area is 178 Å². The molecule has 0 unspecified atom stereocenters. The fourth-order valence-electron chi connectivity index (χ4n) is 3.90. The fraction of sp³-hybridized carbons (Fsp3) is 0.125. The Morgan fingerprint density at radius 1 is 1.06 bits per heavy atom. The molecule has 7 heteroatoms. The minimum atomic E-state index is -0.990. The minimum absolute atomic E-state index is 0.193. The van der Waals surface area contributed by atoms with Gasteiger partial charge in [0.05, 0.1) is 27.8 Å². The number of aromatic nitrogens is 4. The van der Waals surface area contributed by atoms with E-state index in [1.807, 2.05) is 24.8 Å². The number of hydrogen-bond acceptors (Lipinski definition) is 4. The number of rotatable bonds is 4. The largest absolute Gasteiger partial charge is 0.478 e. The quantitative estimate of drug-likeness (QED) is 0.440. The van der Waals surface area contributed by atoms with Gasteiger partial charge in [-0.1, -0.05) is 17.7 Å². The van der Waals surface area contributed by atoms with Crippen molar-refractivity contribution in [1.29, 1.82) is 0 Å². The van der Waals surface area contributed by atoms with Gasteiger partial charge in [0.25, 0.3) is 0 Å². The smallest absolute Gasteiger partial charge is 0.337 e. The minimum Gasteiger partial charge on any atom is -0.478 e. The lowest BCUT2D eigenvalue weighted by molar-refractivity contribution is 0.0698. The highest BCUT2D eigenvalue weighted by atomic mass is 16.4. The molecule has 0 atom stereocenters. The molecular formula is C24H21N5O2. The molecule has 0 aliphatic carbocycles. The normalized spacial score (nSPS) is 11.3. The van der Waals surface area contributed by atoms with Crippen LogP contribution >= 0.6 is 0 Å². The van der Waals surface area contributed by atoms with Crippen LogP contribution in [0.25, 0.3) is 33.3 Å². The summed E-state index contributed by atoms with van der Waals surface area (Å²) in [5, 5.41) is 15.1. The number of pyridine rings is 1. The number of carboxylic acids is 1. The fourth-order valence-corrected chi connectivity index (χ4v) is 3.90. The van der Waals surface area contributed by atoms with E-state index in [1.54, 1.807) is 0 Å². The lowest BCUT2D eigenvalue weighted by atomic mass is 10.1. The number of nitrogens with one attached hydrogen (secondary N) is 1. The average Bonchev–Trinajstić information content (AvgIpc) is 3.34. The van der Waals surface area contributed by atoms with Gasteiger partial charge in [-0.2, -0.15) is 5.10 Å². The second-order valence-corrected chi connectivity index (χ2v) is 7.68. The van der Waals surface area contributed by atoms with Gasteiger partial charge in [0.2, 0.25) is 0 Å². The van der Waals surface area contributed by atoms with Crippen LogP contribution in [-0.2, 0) is 7.05 Å². The van der Waals surface area contributed by atoms with Gasteiger partial charge in [-0.05, 0) is 49.4 Å². The van der Waals surface area contributed by atoms with E-state index in [1.165, 1.54) is 17.8 Å². The van der Waals surface area contributed by atoms with Gasteiger partial charge in [0, 0.05) is 37.1 Å². The van der Waals surface area contributed by atoms with Crippen LogP contribution in [-0.4, -0.2) is 37.9 Å². The first-order valence-electron chi connectivity index (χ1n) is 9.91. The number of benzene rings is 2. The van der Waals surface area contributed by atoms with Gasteiger partial charge >= 0.3 is 5.97 Å². The molecule has 7 nitrogen and oxygen atoms in total. The molecule has 0 aliphatic rings. The van der Waals surface area contributed by atoms with Crippen LogP contribution in [0.4, 0.5) is 11.4 Å². The second kappa shape index (κ2) is 6.98. The van der Waals surface area contributed by atoms with Crippen molar-refractivity contribution in [2.24, 2.45) is 7.05 Å². The van der Waals surface area contributed by atoms with Crippen LogP contribution in [0.1, 0.15) is 15.9 Å². The molecule has 0 fully saturated rings. The molecule has 5 rings (SSSR count). The van der Waals surface area contributed by atoms with E-state index in [0.717, 1.165) is 33.7 Å². The molecule has 0 saturated heterocycles. The molecule has 0 amide bonds. The van der Waals surface area contributed by atoms with Gasteiger partial charge in [-0.3, -0.25) is 9.67 Å². The summed E-state index contributed by atoms with van der Waals surface area (Å²) in [6.07, 6.45) is 1.51. The number of nitrogens with zero attached hydrogens (tertiary/aromatic N) is 4. The Morgan fingerprint density at radius 2 is 1.81 bits per heavy atom. The van der Waals surface area contributed by atoms with Crippen molar-refractivity contribution in [3.63, 3.8) is 0 Å². The maximum absolute atomic E-state index is 11.5. The van der Waals surface area contributed by atoms with Gasteiger partial charge in [-0.15, -0.1) is 0 Å². The first-order valence-corrected chi connectivity index (χ1v) is 9.91. The molecule has 2 aromatic carbocycles. The zero-order valence-corrected chi connectivity index (χ0v) is 17.4. The number of carboxylic acid groups (broad SMARTS) is 1.